The maximum atomic E-state index is 12.6. The van der Waals surface area contributed by atoms with Gasteiger partial charge in [-0.2, -0.15) is 10.4 Å². The number of aromatic nitrogens is 2. The molecule has 0 saturated carbocycles. The van der Waals surface area contributed by atoms with E-state index in [-0.39, 0.29) is 22.9 Å². The number of nitrogens with zero attached hydrogens (tertiary/aromatic N) is 3. The number of benzene rings is 2. The van der Waals surface area contributed by atoms with Gasteiger partial charge in [0.2, 0.25) is 0 Å². The fourth-order valence-electron chi connectivity index (χ4n) is 2.67. The van der Waals surface area contributed by atoms with Crippen molar-refractivity contribution >= 4 is 22.6 Å². The Morgan fingerprint density at radius 2 is 1.61 bits per heavy atom. The van der Waals surface area contributed by atoms with Gasteiger partial charge in [0.05, 0.1) is 23.1 Å². The Bertz CT molecular complexity index is 1160. The summed E-state index contributed by atoms with van der Waals surface area (Å²) in [6, 6.07) is 14.4. The highest BCUT2D eigenvalue weighted by Gasteiger charge is 2.18. The van der Waals surface area contributed by atoms with E-state index < -0.39 is 11.8 Å². The summed E-state index contributed by atoms with van der Waals surface area (Å²) >= 11 is 0. The van der Waals surface area contributed by atoms with Gasteiger partial charge in [-0.15, -0.1) is 0 Å². The lowest BCUT2D eigenvalue weighted by molar-refractivity contribution is 0.0843. The molecule has 0 atom stereocenters. The quantitative estimate of drug-likeness (QED) is 0.678. The van der Waals surface area contributed by atoms with Crippen LogP contribution in [0.4, 0.5) is 0 Å². The van der Waals surface area contributed by atoms with E-state index in [1.54, 1.807) is 38.1 Å². The zero-order valence-corrected chi connectivity index (χ0v) is 15.3. The molecule has 2 aromatic carbocycles. The third kappa shape index (κ3) is 3.59. The smallest absolute Gasteiger partial charge is 0.267 e. The second kappa shape index (κ2) is 7.72. The van der Waals surface area contributed by atoms with Crippen LogP contribution in [0, 0.1) is 11.3 Å². The Hall–Kier alpha value is -3.99. The van der Waals surface area contributed by atoms with Crippen molar-refractivity contribution in [3.05, 3.63) is 75.7 Å². The first kappa shape index (κ1) is 18.8. The minimum Gasteiger partial charge on any atom is -0.267 e. The fraction of sp³-hybridized carbons (Fsp3) is 0.150. The summed E-state index contributed by atoms with van der Waals surface area (Å²) in [4.78, 5) is 37.3. The predicted octanol–water partition coefficient (Wildman–Crippen LogP) is 1.92. The molecule has 2 N–H and O–H groups in total. The number of hydrogen-bond donors (Lipinski definition) is 2. The van der Waals surface area contributed by atoms with Crippen molar-refractivity contribution in [1.29, 1.82) is 5.26 Å². The molecule has 0 aliphatic carbocycles. The first-order valence-electron chi connectivity index (χ1n) is 8.54. The van der Waals surface area contributed by atoms with Crippen LogP contribution in [0.3, 0.4) is 0 Å². The summed E-state index contributed by atoms with van der Waals surface area (Å²) in [7, 11) is 0. The maximum absolute atomic E-state index is 12.6. The van der Waals surface area contributed by atoms with Gasteiger partial charge in [0.1, 0.15) is 0 Å². The van der Waals surface area contributed by atoms with E-state index >= 15 is 0 Å². The molecule has 0 aliphatic rings. The normalized spacial score (nSPS) is 10.5. The van der Waals surface area contributed by atoms with E-state index in [1.165, 1.54) is 28.9 Å². The number of carbonyl (C=O) groups is 2. The molecule has 1 heterocycles. The van der Waals surface area contributed by atoms with Crippen LogP contribution in [-0.2, 0) is 0 Å². The third-order valence-electron chi connectivity index (χ3n) is 4.10. The largest absolute Gasteiger partial charge is 0.290 e. The number of amides is 2. The van der Waals surface area contributed by atoms with Crippen molar-refractivity contribution in [2.24, 2.45) is 0 Å². The van der Waals surface area contributed by atoms with Crippen LogP contribution in [0.5, 0.6) is 0 Å². The van der Waals surface area contributed by atoms with Crippen LogP contribution >= 0.6 is 0 Å². The lowest BCUT2D eigenvalue weighted by Gasteiger charge is -2.13. The maximum Gasteiger partial charge on any atom is 0.290 e. The van der Waals surface area contributed by atoms with Gasteiger partial charge in [0, 0.05) is 10.9 Å². The molecule has 0 fully saturated rings. The lowest BCUT2D eigenvalue weighted by atomic mass is 10.1. The number of carbonyl (C=O) groups excluding carboxylic acids is 2. The molecule has 28 heavy (non-hydrogen) atoms. The van der Waals surface area contributed by atoms with E-state index in [2.05, 4.69) is 16.0 Å². The topological polar surface area (TPSA) is 117 Å². The van der Waals surface area contributed by atoms with E-state index in [0.717, 1.165) is 0 Å². The van der Waals surface area contributed by atoms with Gasteiger partial charge in [0.15, 0.2) is 5.69 Å². The minimum atomic E-state index is -0.646. The Labute approximate surface area is 160 Å². The Morgan fingerprint density at radius 1 is 1.00 bits per heavy atom. The average molecular weight is 375 g/mol. The second-order valence-corrected chi connectivity index (χ2v) is 6.34. The highest BCUT2D eigenvalue weighted by molar-refractivity contribution is 6.06. The number of nitrogens with one attached hydrogen (secondary N) is 2. The molecular formula is C20H17N5O3. The van der Waals surface area contributed by atoms with Gasteiger partial charge in [-0.1, -0.05) is 18.2 Å². The summed E-state index contributed by atoms with van der Waals surface area (Å²) < 4.78 is 1.24. The Morgan fingerprint density at radius 3 is 2.21 bits per heavy atom. The number of hydrazine groups is 1. The van der Waals surface area contributed by atoms with E-state index in [9.17, 15) is 14.4 Å². The molecule has 8 nitrogen and oxygen atoms in total. The molecule has 0 bridgehead atoms. The zero-order chi connectivity index (χ0) is 20.3. The first-order chi connectivity index (χ1) is 13.4. The summed E-state index contributed by atoms with van der Waals surface area (Å²) in [6.07, 6.45) is 0. The number of nitriles is 1. The molecule has 0 radical (unpaired) electrons. The van der Waals surface area contributed by atoms with E-state index in [4.69, 9.17) is 5.26 Å². The Balaban J connectivity index is 1.87. The van der Waals surface area contributed by atoms with E-state index in [1.807, 2.05) is 6.07 Å². The Kier molecular flexibility index (Phi) is 5.18. The molecule has 0 spiro atoms. The average Bonchev–Trinajstić information content (AvgIpc) is 2.72. The van der Waals surface area contributed by atoms with Gasteiger partial charge in [0.25, 0.3) is 17.4 Å². The standard InChI is InChI=1S/C20H17N5O3/c1-12(2)25-20(28)16-6-4-3-5-15(16)17(24-25)19(27)23-22-18(26)14-9-7-13(11-21)8-10-14/h3-10,12H,1-2H3,(H,22,26)(H,23,27). The summed E-state index contributed by atoms with van der Waals surface area (Å²) in [6.45, 7) is 3.58. The molecule has 2 amide bonds. The summed E-state index contributed by atoms with van der Waals surface area (Å²) in [5.74, 6) is -1.19. The molecular weight excluding hydrogens is 358 g/mol. The molecule has 3 aromatic rings. The highest BCUT2D eigenvalue weighted by Crippen LogP contribution is 2.14. The molecule has 3 rings (SSSR count). The van der Waals surface area contributed by atoms with Crippen molar-refractivity contribution in [2.45, 2.75) is 19.9 Å². The van der Waals surface area contributed by atoms with Crippen molar-refractivity contribution in [1.82, 2.24) is 20.6 Å². The number of fused-ring (bicyclic) bond motifs is 1. The van der Waals surface area contributed by atoms with Crippen LogP contribution in [0.15, 0.2) is 53.3 Å². The van der Waals surface area contributed by atoms with E-state index in [0.29, 0.717) is 16.3 Å². The van der Waals surface area contributed by atoms with Crippen LogP contribution in [-0.4, -0.2) is 21.6 Å². The fourth-order valence-corrected chi connectivity index (χ4v) is 2.67. The van der Waals surface area contributed by atoms with Gasteiger partial charge in [-0.05, 0) is 44.2 Å². The molecule has 0 aliphatic heterocycles. The summed E-state index contributed by atoms with van der Waals surface area (Å²) in [5.41, 5.74) is 5.08. The molecule has 1 aromatic heterocycles. The SMILES string of the molecule is CC(C)n1nc(C(=O)NNC(=O)c2ccc(C#N)cc2)c2ccccc2c1=O. The van der Waals surface area contributed by atoms with Crippen LogP contribution in [0.2, 0.25) is 0 Å². The van der Waals surface area contributed by atoms with Crippen molar-refractivity contribution < 1.29 is 9.59 Å². The molecule has 0 unspecified atom stereocenters. The third-order valence-corrected chi connectivity index (χ3v) is 4.10. The monoisotopic (exact) mass is 375 g/mol. The van der Waals surface area contributed by atoms with Crippen LogP contribution in [0.25, 0.3) is 10.8 Å². The number of hydrogen-bond acceptors (Lipinski definition) is 5. The highest BCUT2D eigenvalue weighted by atomic mass is 16.2. The minimum absolute atomic E-state index is 0.0315. The lowest BCUT2D eigenvalue weighted by Crippen LogP contribution is -2.43. The first-order valence-corrected chi connectivity index (χ1v) is 8.54. The van der Waals surface area contributed by atoms with Gasteiger partial charge in [-0.25, -0.2) is 4.68 Å². The van der Waals surface area contributed by atoms with Crippen molar-refractivity contribution in [3.8, 4) is 6.07 Å². The van der Waals surface area contributed by atoms with Gasteiger partial charge in [-0.3, -0.25) is 25.2 Å². The predicted molar refractivity (Wildman–Crippen MR) is 102 cm³/mol. The second-order valence-electron chi connectivity index (χ2n) is 6.34. The van der Waals surface area contributed by atoms with Crippen LogP contribution in [0.1, 0.15) is 46.3 Å². The van der Waals surface area contributed by atoms with Crippen molar-refractivity contribution in [2.75, 3.05) is 0 Å². The van der Waals surface area contributed by atoms with Crippen molar-refractivity contribution in [3.63, 3.8) is 0 Å². The van der Waals surface area contributed by atoms with Gasteiger partial charge >= 0.3 is 0 Å². The zero-order valence-electron chi connectivity index (χ0n) is 15.3. The van der Waals surface area contributed by atoms with Gasteiger partial charge < -0.3 is 0 Å². The summed E-state index contributed by atoms with van der Waals surface area (Å²) in [5, 5.41) is 13.7. The van der Waals surface area contributed by atoms with Crippen LogP contribution < -0.4 is 16.4 Å². The molecule has 0 saturated heterocycles. The number of rotatable bonds is 3. The molecule has 140 valence electrons. The molecule has 8 heteroatoms.